The summed E-state index contributed by atoms with van der Waals surface area (Å²) in [4.78, 5) is 0. The Labute approximate surface area is 86.5 Å². The van der Waals surface area contributed by atoms with E-state index in [4.69, 9.17) is 11.6 Å². The molecule has 1 aromatic carbocycles. The molecule has 14 heavy (non-hydrogen) atoms. The van der Waals surface area contributed by atoms with E-state index in [9.17, 15) is 8.78 Å². The van der Waals surface area contributed by atoms with E-state index in [1.165, 1.54) is 12.1 Å². The van der Waals surface area contributed by atoms with Crippen molar-refractivity contribution in [2.24, 2.45) is 0 Å². The summed E-state index contributed by atoms with van der Waals surface area (Å²) in [6.07, 6.45) is 0. The Hall–Kier alpha value is -1.15. The van der Waals surface area contributed by atoms with Crippen LogP contribution >= 0.6 is 11.6 Å². The molecule has 0 nitrogen and oxygen atoms in total. The second kappa shape index (κ2) is 4.38. The first-order chi connectivity index (χ1) is 6.52. The van der Waals surface area contributed by atoms with E-state index < -0.39 is 11.1 Å². The van der Waals surface area contributed by atoms with Gasteiger partial charge in [-0.3, -0.25) is 0 Å². The summed E-state index contributed by atoms with van der Waals surface area (Å²) in [7, 11) is 0. The molecule has 74 valence electrons. The van der Waals surface area contributed by atoms with E-state index in [-0.39, 0.29) is 5.56 Å². The lowest BCUT2D eigenvalue weighted by Crippen LogP contribution is -1.82. The number of hydrogen-bond acceptors (Lipinski definition) is 0. The van der Waals surface area contributed by atoms with Crippen LogP contribution in [-0.4, -0.2) is 0 Å². The van der Waals surface area contributed by atoms with Crippen molar-refractivity contribution in [2.45, 2.75) is 6.92 Å². The number of rotatable bonds is 2. The topological polar surface area (TPSA) is 0 Å². The average molecular weight is 215 g/mol. The van der Waals surface area contributed by atoms with Gasteiger partial charge in [-0.15, -0.1) is 0 Å². The molecule has 0 aliphatic heterocycles. The molecule has 0 heterocycles. The number of hydrogen-bond donors (Lipinski definition) is 0. The third-order valence-electron chi connectivity index (χ3n) is 1.80. The lowest BCUT2D eigenvalue weighted by atomic mass is 10.1. The van der Waals surface area contributed by atoms with Crippen LogP contribution in [0, 0.1) is 0 Å². The Morgan fingerprint density at radius 1 is 1.14 bits per heavy atom. The molecule has 0 spiro atoms. The molecule has 0 bridgehead atoms. The molecule has 0 aliphatic rings. The maximum absolute atomic E-state index is 12.9. The predicted molar refractivity (Wildman–Crippen MR) is 56.1 cm³/mol. The fourth-order valence-electron chi connectivity index (χ4n) is 1.01. The summed E-state index contributed by atoms with van der Waals surface area (Å²) in [5.74, 6) is -1.04. The van der Waals surface area contributed by atoms with Crippen molar-refractivity contribution in [3.05, 3.63) is 47.3 Å². The fourth-order valence-corrected chi connectivity index (χ4v) is 1.12. The summed E-state index contributed by atoms with van der Waals surface area (Å²) in [5.41, 5.74) is 1.88. The maximum Gasteiger partial charge on any atom is 0.225 e. The van der Waals surface area contributed by atoms with Gasteiger partial charge in [0, 0.05) is 5.56 Å². The largest absolute Gasteiger partial charge is 0.225 e. The molecule has 0 saturated heterocycles. The van der Waals surface area contributed by atoms with Gasteiger partial charge in [-0.1, -0.05) is 36.4 Å². The molecule has 0 aromatic heterocycles. The van der Waals surface area contributed by atoms with Crippen LogP contribution in [0.25, 0.3) is 11.4 Å². The molecule has 0 unspecified atom stereocenters. The van der Waals surface area contributed by atoms with Crippen LogP contribution in [0.1, 0.15) is 18.1 Å². The minimum atomic E-state index is -1.33. The summed E-state index contributed by atoms with van der Waals surface area (Å²) < 4.78 is 25.2. The highest BCUT2D eigenvalue weighted by atomic mass is 35.5. The zero-order valence-corrected chi connectivity index (χ0v) is 8.41. The average Bonchev–Trinajstić information content (AvgIpc) is 2.16. The van der Waals surface area contributed by atoms with Crippen LogP contribution in [0.2, 0.25) is 0 Å². The van der Waals surface area contributed by atoms with Crippen LogP contribution in [0.3, 0.4) is 0 Å². The predicted octanol–water partition coefficient (Wildman–Crippen LogP) is 4.52. The van der Waals surface area contributed by atoms with E-state index in [0.29, 0.717) is 0 Å². The maximum atomic E-state index is 12.9. The molecule has 1 aromatic rings. The first kappa shape index (κ1) is 10.9. The van der Waals surface area contributed by atoms with Gasteiger partial charge >= 0.3 is 0 Å². The Morgan fingerprint density at radius 2 is 1.57 bits per heavy atom. The van der Waals surface area contributed by atoms with Crippen molar-refractivity contribution in [3.8, 4) is 0 Å². The molecule has 0 saturated carbocycles. The molecule has 0 N–H and O–H groups in total. The van der Waals surface area contributed by atoms with E-state index in [2.05, 4.69) is 6.58 Å². The number of benzene rings is 1. The highest BCUT2D eigenvalue weighted by molar-refractivity contribution is 6.30. The van der Waals surface area contributed by atoms with Crippen LogP contribution < -0.4 is 0 Å². The molecule has 0 radical (unpaired) electrons. The lowest BCUT2D eigenvalue weighted by Gasteiger charge is -2.01. The zero-order valence-electron chi connectivity index (χ0n) is 7.65. The van der Waals surface area contributed by atoms with Crippen molar-refractivity contribution < 1.29 is 8.78 Å². The molecular weight excluding hydrogens is 206 g/mol. The Morgan fingerprint density at radius 3 is 1.93 bits per heavy atom. The summed E-state index contributed by atoms with van der Waals surface area (Å²) in [5, 5.41) is -1.33. The van der Waals surface area contributed by atoms with Crippen LogP contribution in [0.4, 0.5) is 8.78 Å². The van der Waals surface area contributed by atoms with Gasteiger partial charge in [-0.05, 0) is 24.1 Å². The van der Waals surface area contributed by atoms with Gasteiger partial charge in [-0.2, -0.15) is 4.39 Å². The van der Waals surface area contributed by atoms with Gasteiger partial charge in [0.25, 0.3) is 0 Å². The monoisotopic (exact) mass is 214 g/mol. The molecule has 0 fully saturated rings. The molecule has 0 aliphatic carbocycles. The van der Waals surface area contributed by atoms with Crippen LogP contribution in [-0.2, 0) is 0 Å². The highest BCUT2D eigenvalue weighted by Crippen LogP contribution is 2.24. The van der Waals surface area contributed by atoms with Crippen molar-refractivity contribution in [2.75, 3.05) is 0 Å². The molecule has 0 amide bonds. The van der Waals surface area contributed by atoms with E-state index >= 15 is 0 Å². The summed E-state index contributed by atoms with van der Waals surface area (Å²) in [6, 6.07) is 6.25. The van der Waals surface area contributed by atoms with Crippen molar-refractivity contribution in [1.29, 1.82) is 0 Å². The first-order valence-corrected chi connectivity index (χ1v) is 4.37. The lowest BCUT2D eigenvalue weighted by molar-refractivity contribution is 0.651. The highest BCUT2D eigenvalue weighted by Gasteiger charge is 2.06. The minimum absolute atomic E-state index is 0.127. The Bertz CT molecular complexity index is 373. The minimum Gasteiger partial charge on any atom is -0.202 e. The molecule has 1 rings (SSSR count). The summed E-state index contributed by atoms with van der Waals surface area (Å²) in [6.45, 7) is 5.57. The van der Waals surface area contributed by atoms with Gasteiger partial charge in [0.15, 0.2) is 5.83 Å². The zero-order chi connectivity index (χ0) is 10.7. The fraction of sp³-hybridized carbons (Fsp3) is 0.0909. The smallest absolute Gasteiger partial charge is 0.202 e. The second-order valence-electron chi connectivity index (χ2n) is 2.93. The normalized spacial score (nSPS) is 12.3. The summed E-state index contributed by atoms with van der Waals surface area (Å²) >= 11 is 4.89. The molecular formula is C11H9ClF2. The van der Waals surface area contributed by atoms with Gasteiger partial charge in [-0.25, -0.2) is 4.39 Å². The SMILES string of the molecule is C=C(C)c1ccc(/C(F)=C(/F)Cl)cc1. The van der Waals surface area contributed by atoms with Crippen LogP contribution in [0.15, 0.2) is 36.1 Å². The molecule has 0 atom stereocenters. The van der Waals surface area contributed by atoms with Gasteiger partial charge in [0.1, 0.15) is 0 Å². The van der Waals surface area contributed by atoms with Crippen molar-refractivity contribution in [1.82, 2.24) is 0 Å². The van der Waals surface area contributed by atoms with Gasteiger partial charge < -0.3 is 0 Å². The van der Waals surface area contributed by atoms with Crippen molar-refractivity contribution >= 4 is 23.0 Å². The quantitative estimate of drug-likeness (QED) is 0.679. The van der Waals surface area contributed by atoms with E-state index in [0.717, 1.165) is 11.1 Å². The van der Waals surface area contributed by atoms with Crippen molar-refractivity contribution in [3.63, 3.8) is 0 Å². The third-order valence-corrected chi connectivity index (χ3v) is 1.96. The third kappa shape index (κ3) is 2.42. The Kier molecular flexibility index (Phi) is 3.42. The van der Waals surface area contributed by atoms with Gasteiger partial charge in [0.05, 0.1) is 0 Å². The van der Waals surface area contributed by atoms with E-state index in [1.54, 1.807) is 12.1 Å². The first-order valence-electron chi connectivity index (χ1n) is 3.99. The second-order valence-corrected chi connectivity index (χ2v) is 3.26. The van der Waals surface area contributed by atoms with E-state index in [1.807, 2.05) is 6.92 Å². The molecule has 3 heteroatoms. The van der Waals surface area contributed by atoms with Crippen LogP contribution in [0.5, 0.6) is 0 Å². The number of halogens is 3. The van der Waals surface area contributed by atoms with Gasteiger partial charge in [0.2, 0.25) is 5.29 Å². The number of allylic oxidation sites excluding steroid dienone is 1. The Balaban J connectivity index is 3.06. The standard InChI is InChI=1S/C11H9ClF2/c1-7(2)8-3-5-9(6-4-8)10(13)11(12)14/h3-6H,1H2,2H3/b11-10-.